The Morgan fingerprint density at radius 2 is 2.36 bits per heavy atom. The lowest BCUT2D eigenvalue weighted by atomic mass is 9.74. The predicted molar refractivity (Wildman–Crippen MR) is 43.3 cm³/mol. The van der Waals surface area contributed by atoms with Crippen molar-refractivity contribution in [2.75, 3.05) is 0 Å². The number of carbonyl (C=O) groups excluding carboxylic acids is 1. The van der Waals surface area contributed by atoms with Crippen LogP contribution in [0.3, 0.4) is 0 Å². The highest BCUT2D eigenvalue weighted by Gasteiger charge is 2.38. The Balaban J connectivity index is 2.72. The first-order chi connectivity index (χ1) is 5.10. The molecule has 0 spiro atoms. The Hall–Kier alpha value is -0.370. The maximum Gasteiger partial charge on any atom is 0.138 e. The zero-order valence-electron chi connectivity index (χ0n) is 7.26. The van der Waals surface area contributed by atoms with Crippen LogP contribution in [0.1, 0.15) is 39.5 Å². The van der Waals surface area contributed by atoms with Crippen molar-refractivity contribution < 1.29 is 9.90 Å². The molecule has 1 saturated carbocycles. The lowest BCUT2D eigenvalue weighted by Crippen LogP contribution is -2.43. The van der Waals surface area contributed by atoms with Gasteiger partial charge in [0.05, 0.1) is 5.60 Å². The van der Waals surface area contributed by atoms with Gasteiger partial charge in [-0.25, -0.2) is 0 Å². The van der Waals surface area contributed by atoms with Crippen molar-refractivity contribution in [1.82, 2.24) is 0 Å². The van der Waals surface area contributed by atoms with Crippen LogP contribution in [0.25, 0.3) is 0 Å². The molecule has 0 aromatic heterocycles. The minimum absolute atomic E-state index is 0.152. The molecule has 0 amide bonds. The molecule has 2 atom stereocenters. The summed E-state index contributed by atoms with van der Waals surface area (Å²) in [6, 6.07) is 0. The van der Waals surface area contributed by atoms with Crippen LogP contribution in [0.5, 0.6) is 0 Å². The molecule has 1 N–H and O–H groups in total. The summed E-state index contributed by atoms with van der Waals surface area (Å²) in [7, 11) is 0. The standard InChI is InChI=1S/C9H16O2/c1-3-9(11)6-4-5-8(10)7(9)2/h7,11H,3-6H2,1-2H3. The second-order valence-corrected chi connectivity index (χ2v) is 3.50. The molecule has 0 bridgehead atoms. The number of carbonyl (C=O) groups is 1. The zero-order valence-corrected chi connectivity index (χ0v) is 7.26. The van der Waals surface area contributed by atoms with Crippen LogP contribution in [0.15, 0.2) is 0 Å². The average Bonchev–Trinajstić information content (AvgIpc) is 2.00. The van der Waals surface area contributed by atoms with Crippen molar-refractivity contribution in [2.24, 2.45) is 5.92 Å². The van der Waals surface area contributed by atoms with Gasteiger partial charge in [-0.3, -0.25) is 4.79 Å². The van der Waals surface area contributed by atoms with Crippen molar-refractivity contribution >= 4 is 5.78 Å². The Kier molecular flexibility index (Phi) is 2.33. The molecule has 0 aromatic carbocycles. The molecule has 1 aliphatic carbocycles. The van der Waals surface area contributed by atoms with Crippen LogP contribution in [-0.2, 0) is 4.79 Å². The van der Waals surface area contributed by atoms with Gasteiger partial charge in [0.2, 0.25) is 0 Å². The molecule has 1 aliphatic rings. The van der Waals surface area contributed by atoms with Gasteiger partial charge in [0.15, 0.2) is 0 Å². The van der Waals surface area contributed by atoms with Gasteiger partial charge in [-0.05, 0) is 19.3 Å². The fourth-order valence-electron chi connectivity index (χ4n) is 1.78. The molecular formula is C9H16O2. The maximum absolute atomic E-state index is 11.2. The number of ketones is 1. The Morgan fingerprint density at radius 3 is 2.82 bits per heavy atom. The molecule has 1 rings (SSSR count). The largest absolute Gasteiger partial charge is 0.389 e. The Bertz CT molecular complexity index is 165. The third-order valence-corrected chi connectivity index (χ3v) is 2.93. The highest BCUT2D eigenvalue weighted by Crippen LogP contribution is 2.33. The summed E-state index contributed by atoms with van der Waals surface area (Å²) in [6.45, 7) is 3.78. The summed E-state index contributed by atoms with van der Waals surface area (Å²) in [5.41, 5.74) is -0.699. The van der Waals surface area contributed by atoms with Crippen LogP contribution in [0.4, 0.5) is 0 Å². The van der Waals surface area contributed by atoms with E-state index in [9.17, 15) is 9.90 Å². The molecule has 2 heteroatoms. The minimum atomic E-state index is -0.699. The van der Waals surface area contributed by atoms with E-state index >= 15 is 0 Å². The molecule has 1 fully saturated rings. The first-order valence-corrected chi connectivity index (χ1v) is 4.35. The van der Waals surface area contributed by atoms with Gasteiger partial charge in [0.1, 0.15) is 5.78 Å². The molecule has 2 unspecified atom stereocenters. The predicted octanol–water partition coefficient (Wildman–Crippen LogP) is 1.52. The van der Waals surface area contributed by atoms with Crippen LogP contribution in [-0.4, -0.2) is 16.5 Å². The van der Waals surface area contributed by atoms with E-state index in [1.54, 1.807) is 0 Å². The number of Topliss-reactive ketones (excluding diaryl/α,β-unsaturated/α-hetero) is 1. The lowest BCUT2D eigenvalue weighted by molar-refractivity contribution is -0.137. The minimum Gasteiger partial charge on any atom is -0.389 e. The summed E-state index contributed by atoms with van der Waals surface area (Å²) < 4.78 is 0. The van der Waals surface area contributed by atoms with E-state index in [0.717, 1.165) is 12.8 Å². The number of aliphatic hydroxyl groups is 1. The van der Waals surface area contributed by atoms with Gasteiger partial charge in [-0.2, -0.15) is 0 Å². The van der Waals surface area contributed by atoms with Gasteiger partial charge < -0.3 is 5.11 Å². The second-order valence-electron chi connectivity index (χ2n) is 3.50. The first kappa shape index (κ1) is 8.72. The highest BCUT2D eigenvalue weighted by atomic mass is 16.3. The molecule has 0 radical (unpaired) electrons. The van der Waals surface area contributed by atoms with Crippen LogP contribution in [0, 0.1) is 5.92 Å². The van der Waals surface area contributed by atoms with Crippen molar-refractivity contribution in [3.63, 3.8) is 0 Å². The highest BCUT2D eigenvalue weighted by molar-refractivity contribution is 5.82. The summed E-state index contributed by atoms with van der Waals surface area (Å²) >= 11 is 0. The summed E-state index contributed by atoms with van der Waals surface area (Å²) in [5, 5.41) is 9.90. The lowest BCUT2D eigenvalue weighted by Gasteiger charge is -2.36. The molecule has 0 heterocycles. The van der Waals surface area contributed by atoms with Crippen molar-refractivity contribution in [1.29, 1.82) is 0 Å². The molecule has 2 nitrogen and oxygen atoms in total. The topological polar surface area (TPSA) is 37.3 Å². The smallest absolute Gasteiger partial charge is 0.138 e. The molecule has 0 aromatic rings. The van der Waals surface area contributed by atoms with Crippen LogP contribution in [0.2, 0.25) is 0 Å². The monoisotopic (exact) mass is 156 g/mol. The third kappa shape index (κ3) is 1.45. The van der Waals surface area contributed by atoms with E-state index < -0.39 is 5.60 Å². The van der Waals surface area contributed by atoms with Crippen LogP contribution < -0.4 is 0 Å². The van der Waals surface area contributed by atoms with E-state index in [4.69, 9.17) is 0 Å². The number of hydrogen-bond donors (Lipinski definition) is 1. The van der Waals surface area contributed by atoms with Gasteiger partial charge >= 0.3 is 0 Å². The summed E-state index contributed by atoms with van der Waals surface area (Å²) in [5.74, 6) is 0.0712. The van der Waals surface area contributed by atoms with Gasteiger partial charge in [-0.1, -0.05) is 13.8 Å². The molecule has 64 valence electrons. The number of rotatable bonds is 1. The fourth-order valence-corrected chi connectivity index (χ4v) is 1.78. The van der Waals surface area contributed by atoms with Crippen LogP contribution >= 0.6 is 0 Å². The van der Waals surface area contributed by atoms with Gasteiger partial charge in [-0.15, -0.1) is 0 Å². The Morgan fingerprint density at radius 1 is 1.73 bits per heavy atom. The van der Waals surface area contributed by atoms with E-state index in [2.05, 4.69) is 0 Å². The number of hydrogen-bond acceptors (Lipinski definition) is 2. The van der Waals surface area contributed by atoms with Crippen molar-refractivity contribution in [2.45, 2.75) is 45.1 Å². The average molecular weight is 156 g/mol. The van der Waals surface area contributed by atoms with E-state index in [1.807, 2.05) is 13.8 Å². The quantitative estimate of drug-likeness (QED) is 0.625. The van der Waals surface area contributed by atoms with Crippen molar-refractivity contribution in [3.8, 4) is 0 Å². The summed E-state index contributed by atoms with van der Waals surface area (Å²) in [6.07, 6.45) is 2.99. The third-order valence-electron chi connectivity index (χ3n) is 2.93. The summed E-state index contributed by atoms with van der Waals surface area (Å²) in [4.78, 5) is 11.2. The first-order valence-electron chi connectivity index (χ1n) is 4.35. The van der Waals surface area contributed by atoms with E-state index in [0.29, 0.717) is 12.8 Å². The van der Waals surface area contributed by atoms with Gasteiger partial charge in [0, 0.05) is 12.3 Å². The SMILES string of the molecule is CCC1(O)CCCC(=O)C1C. The molecule has 0 aliphatic heterocycles. The fraction of sp³-hybridized carbons (Fsp3) is 0.889. The maximum atomic E-state index is 11.2. The normalized spacial score (nSPS) is 39.2. The van der Waals surface area contributed by atoms with Gasteiger partial charge in [0.25, 0.3) is 0 Å². The van der Waals surface area contributed by atoms with E-state index in [-0.39, 0.29) is 11.7 Å². The molecule has 0 saturated heterocycles. The Labute approximate surface area is 67.6 Å². The second kappa shape index (κ2) is 2.94. The molecule has 11 heavy (non-hydrogen) atoms. The van der Waals surface area contributed by atoms with Crippen molar-refractivity contribution in [3.05, 3.63) is 0 Å². The molecular weight excluding hydrogens is 140 g/mol. The van der Waals surface area contributed by atoms with E-state index in [1.165, 1.54) is 0 Å². The zero-order chi connectivity index (χ0) is 8.48.